The highest BCUT2D eigenvalue weighted by Gasteiger charge is 2.36. The Kier molecular flexibility index (Phi) is 6.87. The first-order valence-corrected chi connectivity index (χ1v) is 9.51. The molecule has 2 bridgehead atoms. The van der Waals surface area contributed by atoms with Crippen molar-refractivity contribution >= 4 is 0 Å². The van der Waals surface area contributed by atoms with E-state index in [2.05, 4.69) is 13.8 Å². The smallest absolute Gasteiger partial charge is 0.00725 e. The molecule has 5 atom stereocenters. The van der Waals surface area contributed by atoms with Crippen LogP contribution >= 0.6 is 0 Å². The summed E-state index contributed by atoms with van der Waals surface area (Å²) in [4.78, 5) is 0. The summed E-state index contributed by atoms with van der Waals surface area (Å²) < 4.78 is 0. The average molecular weight is 280 g/mol. The van der Waals surface area contributed by atoms with E-state index in [9.17, 15) is 0 Å². The highest BCUT2D eigenvalue weighted by Crippen LogP contribution is 2.44. The van der Waals surface area contributed by atoms with Crippen LogP contribution < -0.4 is 5.73 Å². The first-order chi connectivity index (χ1) is 9.76. The Labute approximate surface area is 127 Å². The van der Waals surface area contributed by atoms with Crippen LogP contribution in [0, 0.1) is 23.7 Å². The van der Waals surface area contributed by atoms with Gasteiger partial charge >= 0.3 is 0 Å². The van der Waals surface area contributed by atoms with Gasteiger partial charge in [0.2, 0.25) is 0 Å². The molecule has 0 aromatic carbocycles. The Morgan fingerprint density at radius 2 is 1.45 bits per heavy atom. The molecule has 2 rings (SSSR count). The van der Waals surface area contributed by atoms with Crippen molar-refractivity contribution in [2.45, 2.75) is 96.9 Å². The summed E-state index contributed by atoms with van der Waals surface area (Å²) in [6, 6.07) is 0.487. The van der Waals surface area contributed by atoms with Gasteiger partial charge in [-0.25, -0.2) is 0 Å². The van der Waals surface area contributed by atoms with E-state index in [1.54, 1.807) is 0 Å². The van der Waals surface area contributed by atoms with Gasteiger partial charge in [0.25, 0.3) is 0 Å². The Morgan fingerprint density at radius 3 is 2.10 bits per heavy atom. The molecule has 0 amide bonds. The number of fused-ring (bicyclic) bond motifs is 2. The van der Waals surface area contributed by atoms with Gasteiger partial charge in [-0.2, -0.15) is 0 Å². The van der Waals surface area contributed by atoms with Crippen LogP contribution in [0.4, 0.5) is 0 Å². The molecule has 2 aliphatic carbocycles. The molecule has 0 spiro atoms. The Hall–Kier alpha value is -0.0400. The first kappa shape index (κ1) is 16.3. The van der Waals surface area contributed by atoms with Crippen molar-refractivity contribution < 1.29 is 0 Å². The van der Waals surface area contributed by atoms with Gasteiger partial charge in [0, 0.05) is 6.04 Å². The van der Waals surface area contributed by atoms with E-state index < -0.39 is 0 Å². The summed E-state index contributed by atoms with van der Waals surface area (Å²) >= 11 is 0. The number of hydrogen-bond donors (Lipinski definition) is 1. The summed E-state index contributed by atoms with van der Waals surface area (Å²) in [5.41, 5.74) is 6.68. The monoisotopic (exact) mass is 279 g/mol. The minimum absolute atomic E-state index is 0.487. The molecule has 2 aliphatic rings. The molecule has 0 heterocycles. The summed E-state index contributed by atoms with van der Waals surface area (Å²) in [6.07, 6.45) is 17.1. The van der Waals surface area contributed by atoms with Crippen LogP contribution in [0.15, 0.2) is 0 Å². The molecule has 0 aromatic rings. The van der Waals surface area contributed by atoms with Gasteiger partial charge < -0.3 is 5.73 Å². The van der Waals surface area contributed by atoms with Crippen LogP contribution in [0.5, 0.6) is 0 Å². The fraction of sp³-hybridized carbons (Fsp3) is 1.00. The fourth-order valence-corrected chi connectivity index (χ4v) is 5.18. The molecule has 1 heteroatoms. The van der Waals surface area contributed by atoms with Gasteiger partial charge in [0.1, 0.15) is 0 Å². The van der Waals surface area contributed by atoms with E-state index in [4.69, 9.17) is 5.73 Å². The van der Waals surface area contributed by atoms with Gasteiger partial charge in [0.15, 0.2) is 0 Å². The summed E-state index contributed by atoms with van der Waals surface area (Å²) in [7, 11) is 0. The van der Waals surface area contributed by atoms with Crippen LogP contribution in [-0.2, 0) is 0 Å². The zero-order valence-corrected chi connectivity index (χ0v) is 13.9. The number of hydrogen-bond acceptors (Lipinski definition) is 1. The maximum absolute atomic E-state index is 6.68. The van der Waals surface area contributed by atoms with Gasteiger partial charge in [-0.05, 0) is 42.9 Å². The average Bonchev–Trinajstić information content (AvgIpc) is 2.52. The third-order valence-corrected chi connectivity index (χ3v) is 6.18. The maximum Gasteiger partial charge on any atom is 0.00725 e. The van der Waals surface area contributed by atoms with Crippen LogP contribution in [0.2, 0.25) is 0 Å². The van der Waals surface area contributed by atoms with Crippen LogP contribution in [0.25, 0.3) is 0 Å². The van der Waals surface area contributed by atoms with Crippen molar-refractivity contribution in [2.75, 3.05) is 0 Å². The largest absolute Gasteiger partial charge is 0.327 e. The Bertz CT molecular complexity index is 262. The van der Waals surface area contributed by atoms with E-state index in [1.165, 1.54) is 77.0 Å². The standard InChI is InChI=1S/C19H37N/c1-3-9-15-14-19(20)18(10-4-2)17-12-8-6-5-7-11-16(15)13-17/h15-19H,3-14,20H2,1-2H3/t15?,16?,17?,18?,19-/m1/s1. The van der Waals surface area contributed by atoms with Crippen molar-refractivity contribution in [3.63, 3.8) is 0 Å². The zero-order valence-electron chi connectivity index (χ0n) is 13.9. The SMILES string of the molecule is CCCC1C[C@@H](N)C(CCC)C2CCCCCCC1C2. The Morgan fingerprint density at radius 1 is 0.800 bits per heavy atom. The molecule has 2 saturated carbocycles. The lowest BCUT2D eigenvalue weighted by atomic mass is 9.77. The van der Waals surface area contributed by atoms with Crippen molar-refractivity contribution in [2.24, 2.45) is 29.4 Å². The van der Waals surface area contributed by atoms with Crippen molar-refractivity contribution in [3.8, 4) is 0 Å². The molecule has 2 N–H and O–H groups in total. The van der Waals surface area contributed by atoms with Crippen molar-refractivity contribution in [1.82, 2.24) is 0 Å². The lowest BCUT2D eigenvalue weighted by Crippen LogP contribution is -2.34. The topological polar surface area (TPSA) is 26.0 Å². The molecule has 1 nitrogen and oxygen atoms in total. The lowest BCUT2D eigenvalue weighted by Gasteiger charge is -2.29. The predicted molar refractivity (Wildman–Crippen MR) is 88.7 cm³/mol. The normalized spacial score (nSPS) is 39.5. The van der Waals surface area contributed by atoms with E-state index in [1.807, 2.05) is 0 Å². The number of nitrogens with two attached hydrogens (primary N) is 1. The van der Waals surface area contributed by atoms with Gasteiger partial charge in [-0.15, -0.1) is 0 Å². The second-order valence-corrected chi connectivity index (χ2v) is 7.65. The molecule has 20 heavy (non-hydrogen) atoms. The summed E-state index contributed by atoms with van der Waals surface area (Å²) in [5.74, 6) is 3.68. The molecule has 0 radical (unpaired) electrons. The summed E-state index contributed by atoms with van der Waals surface area (Å²) in [6.45, 7) is 4.69. The van der Waals surface area contributed by atoms with E-state index in [0.29, 0.717) is 6.04 Å². The molecule has 118 valence electrons. The number of rotatable bonds is 4. The quantitative estimate of drug-likeness (QED) is 0.719. The van der Waals surface area contributed by atoms with Crippen molar-refractivity contribution in [3.05, 3.63) is 0 Å². The van der Waals surface area contributed by atoms with E-state index >= 15 is 0 Å². The predicted octanol–water partition coefficient (Wildman–Crippen LogP) is 5.53. The third kappa shape index (κ3) is 4.23. The second kappa shape index (κ2) is 8.41. The molecule has 2 fully saturated rings. The minimum atomic E-state index is 0.487. The fourth-order valence-electron chi connectivity index (χ4n) is 5.18. The van der Waals surface area contributed by atoms with Gasteiger partial charge in [-0.3, -0.25) is 0 Å². The third-order valence-electron chi connectivity index (χ3n) is 6.18. The molecular weight excluding hydrogens is 242 g/mol. The Balaban J connectivity index is 2.14. The van der Waals surface area contributed by atoms with Crippen molar-refractivity contribution in [1.29, 1.82) is 0 Å². The lowest BCUT2D eigenvalue weighted by molar-refractivity contribution is 0.225. The summed E-state index contributed by atoms with van der Waals surface area (Å²) in [5, 5.41) is 0. The highest BCUT2D eigenvalue weighted by atomic mass is 14.7. The molecule has 0 aliphatic heterocycles. The van der Waals surface area contributed by atoms with Crippen LogP contribution in [0.1, 0.15) is 90.9 Å². The van der Waals surface area contributed by atoms with Gasteiger partial charge in [-0.1, -0.05) is 71.6 Å². The molecular formula is C19H37N. The highest BCUT2D eigenvalue weighted by molar-refractivity contribution is 4.90. The van der Waals surface area contributed by atoms with E-state index in [-0.39, 0.29) is 0 Å². The van der Waals surface area contributed by atoms with Gasteiger partial charge in [0.05, 0.1) is 0 Å². The minimum Gasteiger partial charge on any atom is -0.327 e. The maximum atomic E-state index is 6.68. The van der Waals surface area contributed by atoms with Crippen LogP contribution in [-0.4, -0.2) is 6.04 Å². The van der Waals surface area contributed by atoms with Crippen LogP contribution in [0.3, 0.4) is 0 Å². The van der Waals surface area contributed by atoms with E-state index in [0.717, 1.165) is 23.7 Å². The first-order valence-electron chi connectivity index (χ1n) is 9.51. The second-order valence-electron chi connectivity index (χ2n) is 7.65. The molecule has 0 aromatic heterocycles. The zero-order chi connectivity index (χ0) is 14.4. The molecule has 0 saturated heterocycles. The molecule has 4 unspecified atom stereocenters.